The van der Waals surface area contributed by atoms with Gasteiger partial charge in [0.25, 0.3) is 0 Å². The quantitative estimate of drug-likeness (QED) is 0.852. The standard InChI is InChI=1S/C18H22N4O3/c1-12-5-6-13(10-15(12)24-2)17(23)25-14-4-3-9-22(11-14)16-7-8-20-18(19)21-16/h5-8,10,14H,3-4,9,11H2,1-2H3,(H2,19,20,21)/t14-/m0/s1. The van der Waals surface area contributed by atoms with Crippen molar-refractivity contribution in [3.63, 3.8) is 0 Å². The highest BCUT2D eigenvalue weighted by Gasteiger charge is 2.25. The van der Waals surface area contributed by atoms with Crippen LogP contribution in [0, 0.1) is 6.92 Å². The third-order valence-electron chi connectivity index (χ3n) is 4.28. The van der Waals surface area contributed by atoms with Crippen LogP contribution in [0.4, 0.5) is 11.8 Å². The van der Waals surface area contributed by atoms with Gasteiger partial charge in [-0.25, -0.2) is 9.78 Å². The normalized spacial score (nSPS) is 17.2. The van der Waals surface area contributed by atoms with Crippen LogP contribution in [0.5, 0.6) is 5.75 Å². The third kappa shape index (κ3) is 3.99. The molecule has 1 aliphatic heterocycles. The number of aryl methyl sites for hydroxylation is 1. The maximum absolute atomic E-state index is 12.4. The predicted molar refractivity (Wildman–Crippen MR) is 94.8 cm³/mol. The molecule has 0 amide bonds. The van der Waals surface area contributed by atoms with Crippen LogP contribution in [0.25, 0.3) is 0 Å². The van der Waals surface area contributed by atoms with Gasteiger partial charge in [0, 0.05) is 12.7 Å². The van der Waals surface area contributed by atoms with Gasteiger partial charge in [-0.05, 0) is 43.5 Å². The molecule has 1 saturated heterocycles. The predicted octanol–water partition coefficient (Wildman–Crippen LogP) is 2.20. The van der Waals surface area contributed by atoms with Gasteiger partial charge in [-0.1, -0.05) is 6.07 Å². The Bertz CT molecular complexity index is 766. The van der Waals surface area contributed by atoms with E-state index in [2.05, 4.69) is 14.9 Å². The van der Waals surface area contributed by atoms with Gasteiger partial charge in [-0.2, -0.15) is 4.98 Å². The van der Waals surface area contributed by atoms with E-state index in [9.17, 15) is 4.79 Å². The lowest BCUT2D eigenvalue weighted by Gasteiger charge is -2.33. The van der Waals surface area contributed by atoms with E-state index in [0.29, 0.717) is 17.9 Å². The summed E-state index contributed by atoms with van der Waals surface area (Å²) in [6, 6.07) is 7.13. The molecule has 2 aromatic rings. The van der Waals surface area contributed by atoms with Crippen LogP contribution in [0.1, 0.15) is 28.8 Å². The van der Waals surface area contributed by atoms with Crippen molar-refractivity contribution in [1.29, 1.82) is 0 Å². The summed E-state index contributed by atoms with van der Waals surface area (Å²) in [5.74, 6) is 1.33. The molecule has 25 heavy (non-hydrogen) atoms. The van der Waals surface area contributed by atoms with Gasteiger partial charge < -0.3 is 20.1 Å². The number of benzene rings is 1. The molecule has 0 bridgehead atoms. The molecule has 0 unspecified atom stereocenters. The molecule has 1 aromatic carbocycles. The second-order valence-electron chi connectivity index (χ2n) is 6.07. The summed E-state index contributed by atoms with van der Waals surface area (Å²) in [6.07, 6.45) is 3.18. The smallest absolute Gasteiger partial charge is 0.338 e. The molecule has 2 heterocycles. The number of esters is 1. The van der Waals surface area contributed by atoms with Crippen LogP contribution in [0.3, 0.4) is 0 Å². The number of methoxy groups -OCH3 is 1. The summed E-state index contributed by atoms with van der Waals surface area (Å²) >= 11 is 0. The summed E-state index contributed by atoms with van der Waals surface area (Å²) < 4.78 is 11.0. The number of nitrogens with two attached hydrogens (primary N) is 1. The molecular formula is C18H22N4O3. The van der Waals surface area contributed by atoms with Crippen LogP contribution in [0.15, 0.2) is 30.5 Å². The molecular weight excluding hydrogens is 320 g/mol. The largest absolute Gasteiger partial charge is 0.496 e. The van der Waals surface area contributed by atoms with Gasteiger partial charge in [0.05, 0.1) is 19.2 Å². The van der Waals surface area contributed by atoms with E-state index < -0.39 is 0 Å². The number of nitrogen functional groups attached to an aromatic ring is 1. The van der Waals surface area contributed by atoms with Crippen LogP contribution in [0.2, 0.25) is 0 Å². The zero-order chi connectivity index (χ0) is 17.8. The average molecular weight is 342 g/mol. The lowest BCUT2D eigenvalue weighted by atomic mass is 10.1. The Hall–Kier alpha value is -2.83. The first-order chi connectivity index (χ1) is 12.1. The van der Waals surface area contributed by atoms with Crippen molar-refractivity contribution in [1.82, 2.24) is 9.97 Å². The van der Waals surface area contributed by atoms with Crippen molar-refractivity contribution in [3.05, 3.63) is 41.6 Å². The number of anilines is 2. The maximum atomic E-state index is 12.4. The van der Waals surface area contributed by atoms with E-state index in [1.54, 1.807) is 25.4 Å². The fourth-order valence-corrected chi connectivity index (χ4v) is 2.95. The lowest BCUT2D eigenvalue weighted by molar-refractivity contribution is 0.0269. The topological polar surface area (TPSA) is 90.6 Å². The molecule has 2 N–H and O–H groups in total. The van der Waals surface area contributed by atoms with Crippen molar-refractivity contribution < 1.29 is 14.3 Å². The Balaban J connectivity index is 1.67. The van der Waals surface area contributed by atoms with E-state index in [1.165, 1.54) is 0 Å². The summed E-state index contributed by atoms with van der Waals surface area (Å²) in [5, 5.41) is 0. The molecule has 0 radical (unpaired) electrons. The Morgan fingerprint density at radius 2 is 2.20 bits per heavy atom. The van der Waals surface area contributed by atoms with Crippen molar-refractivity contribution in [3.8, 4) is 5.75 Å². The number of rotatable bonds is 4. The van der Waals surface area contributed by atoms with E-state index in [-0.39, 0.29) is 18.0 Å². The molecule has 3 rings (SSSR count). The van der Waals surface area contributed by atoms with Gasteiger partial charge in [-0.15, -0.1) is 0 Å². The highest BCUT2D eigenvalue weighted by Crippen LogP contribution is 2.23. The Kier molecular flexibility index (Phi) is 5.02. The number of ether oxygens (including phenoxy) is 2. The van der Waals surface area contributed by atoms with E-state index in [4.69, 9.17) is 15.2 Å². The molecule has 0 aliphatic carbocycles. The molecule has 7 heteroatoms. The highest BCUT2D eigenvalue weighted by molar-refractivity contribution is 5.90. The second-order valence-corrected chi connectivity index (χ2v) is 6.07. The van der Waals surface area contributed by atoms with E-state index in [0.717, 1.165) is 30.8 Å². The summed E-state index contributed by atoms with van der Waals surface area (Å²) in [6.45, 7) is 3.37. The van der Waals surface area contributed by atoms with Gasteiger partial charge in [0.2, 0.25) is 5.95 Å². The number of hydrogen-bond donors (Lipinski definition) is 1. The van der Waals surface area contributed by atoms with Gasteiger partial charge in [0.15, 0.2) is 0 Å². The van der Waals surface area contributed by atoms with Crippen LogP contribution in [-0.4, -0.2) is 42.2 Å². The number of nitrogens with zero attached hydrogens (tertiary/aromatic N) is 3. The monoisotopic (exact) mass is 342 g/mol. The van der Waals surface area contributed by atoms with Crippen molar-refractivity contribution in [2.24, 2.45) is 0 Å². The first-order valence-electron chi connectivity index (χ1n) is 8.26. The summed E-state index contributed by atoms with van der Waals surface area (Å²) in [5.41, 5.74) is 7.12. The number of carbonyl (C=O) groups is 1. The van der Waals surface area contributed by atoms with Crippen molar-refractivity contribution in [2.75, 3.05) is 30.8 Å². The molecule has 1 atom stereocenters. The summed E-state index contributed by atoms with van der Waals surface area (Å²) in [7, 11) is 1.59. The van der Waals surface area contributed by atoms with Crippen LogP contribution < -0.4 is 15.4 Å². The molecule has 0 saturated carbocycles. The second kappa shape index (κ2) is 7.38. The van der Waals surface area contributed by atoms with E-state index >= 15 is 0 Å². The van der Waals surface area contributed by atoms with Gasteiger partial charge in [0.1, 0.15) is 17.7 Å². The fourth-order valence-electron chi connectivity index (χ4n) is 2.95. The molecule has 1 aliphatic rings. The zero-order valence-electron chi connectivity index (χ0n) is 14.4. The summed E-state index contributed by atoms with van der Waals surface area (Å²) in [4.78, 5) is 22.7. The third-order valence-corrected chi connectivity index (χ3v) is 4.28. The van der Waals surface area contributed by atoms with Gasteiger partial charge >= 0.3 is 5.97 Å². The van der Waals surface area contributed by atoms with E-state index in [1.807, 2.05) is 19.1 Å². The Labute approximate surface area is 146 Å². The number of piperidine rings is 1. The fraction of sp³-hybridized carbons (Fsp3) is 0.389. The number of aromatic nitrogens is 2. The van der Waals surface area contributed by atoms with Crippen molar-refractivity contribution in [2.45, 2.75) is 25.9 Å². The first-order valence-corrected chi connectivity index (χ1v) is 8.26. The molecule has 1 fully saturated rings. The minimum Gasteiger partial charge on any atom is -0.496 e. The molecule has 0 spiro atoms. The first kappa shape index (κ1) is 17.0. The lowest BCUT2D eigenvalue weighted by Crippen LogP contribution is -2.41. The SMILES string of the molecule is COc1cc(C(=O)O[C@H]2CCCN(c3ccnc(N)n3)C2)ccc1C. The van der Waals surface area contributed by atoms with Gasteiger partial charge in [-0.3, -0.25) is 0 Å². The molecule has 1 aromatic heterocycles. The Morgan fingerprint density at radius 1 is 1.36 bits per heavy atom. The zero-order valence-corrected chi connectivity index (χ0v) is 14.4. The number of hydrogen-bond acceptors (Lipinski definition) is 7. The molecule has 132 valence electrons. The minimum absolute atomic E-state index is 0.190. The average Bonchev–Trinajstić information content (AvgIpc) is 2.62. The maximum Gasteiger partial charge on any atom is 0.338 e. The number of carbonyl (C=O) groups excluding carboxylic acids is 1. The van der Waals surface area contributed by atoms with Crippen LogP contribution in [-0.2, 0) is 4.74 Å². The molecule has 7 nitrogen and oxygen atoms in total. The minimum atomic E-state index is -0.340. The van der Waals surface area contributed by atoms with Crippen LogP contribution >= 0.6 is 0 Å². The Morgan fingerprint density at radius 3 is 2.96 bits per heavy atom. The van der Waals surface area contributed by atoms with Crippen molar-refractivity contribution >= 4 is 17.7 Å². The highest BCUT2D eigenvalue weighted by atomic mass is 16.5.